The Balaban J connectivity index is 1.73. The van der Waals surface area contributed by atoms with Gasteiger partial charge in [0.25, 0.3) is 5.91 Å². The van der Waals surface area contributed by atoms with Gasteiger partial charge in [-0.2, -0.15) is 0 Å². The predicted octanol–water partition coefficient (Wildman–Crippen LogP) is 3.63. The van der Waals surface area contributed by atoms with Crippen molar-refractivity contribution in [3.63, 3.8) is 0 Å². The van der Waals surface area contributed by atoms with E-state index in [-0.39, 0.29) is 23.5 Å². The number of fused-ring (bicyclic) bond motifs is 1. The molecule has 2 aromatic carbocycles. The summed E-state index contributed by atoms with van der Waals surface area (Å²) < 4.78 is 15.2. The van der Waals surface area contributed by atoms with Crippen LogP contribution in [0.25, 0.3) is 0 Å². The number of hydrogen-bond acceptors (Lipinski definition) is 5. The monoisotopic (exact) mass is 452 g/mol. The quantitative estimate of drug-likeness (QED) is 0.680. The van der Waals surface area contributed by atoms with Crippen LogP contribution in [-0.2, 0) is 10.3 Å². The Morgan fingerprint density at radius 2 is 2.06 bits per heavy atom. The Hall–Kier alpha value is -2.97. The summed E-state index contributed by atoms with van der Waals surface area (Å²) >= 11 is 1.47. The lowest BCUT2D eigenvalue weighted by Gasteiger charge is -2.36. The van der Waals surface area contributed by atoms with Gasteiger partial charge < -0.3 is 10.6 Å². The van der Waals surface area contributed by atoms with E-state index in [4.69, 9.17) is 4.99 Å². The molecular weight excluding hydrogens is 427 g/mol. The predicted molar refractivity (Wildman–Crippen MR) is 126 cm³/mol. The number of anilines is 1. The molecule has 2 unspecified atom stereocenters. The van der Waals surface area contributed by atoms with Gasteiger partial charge in [0.15, 0.2) is 5.17 Å². The van der Waals surface area contributed by atoms with Crippen molar-refractivity contribution in [2.45, 2.75) is 12.5 Å². The highest BCUT2D eigenvalue weighted by molar-refractivity contribution is 8.13. The average Bonchev–Trinajstić information content (AvgIpc) is 3.14. The Labute approximate surface area is 191 Å². The Kier molecular flexibility index (Phi) is 6.43. The Bertz CT molecular complexity index is 1070. The molecule has 8 heteroatoms. The van der Waals surface area contributed by atoms with E-state index in [0.717, 1.165) is 6.54 Å². The highest BCUT2D eigenvalue weighted by Crippen LogP contribution is 2.47. The third-order valence-corrected chi connectivity index (χ3v) is 6.77. The van der Waals surface area contributed by atoms with Crippen LogP contribution in [0.3, 0.4) is 0 Å². The first-order valence-corrected chi connectivity index (χ1v) is 11.4. The highest BCUT2D eigenvalue weighted by atomic mass is 32.2. The van der Waals surface area contributed by atoms with Gasteiger partial charge in [-0.25, -0.2) is 9.38 Å². The molecule has 0 radical (unpaired) electrons. The van der Waals surface area contributed by atoms with Gasteiger partial charge in [0, 0.05) is 55.0 Å². The summed E-state index contributed by atoms with van der Waals surface area (Å²) in [5, 5.41) is 6.10. The minimum absolute atomic E-state index is 0.0481. The summed E-state index contributed by atoms with van der Waals surface area (Å²) in [6, 6.07) is 13.5. The van der Waals surface area contributed by atoms with E-state index < -0.39 is 5.54 Å². The van der Waals surface area contributed by atoms with Crippen LogP contribution in [0.5, 0.6) is 0 Å². The van der Waals surface area contributed by atoms with Gasteiger partial charge in [-0.1, -0.05) is 36.0 Å². The zero-order valence-electron chi connectivity index (χ0n) is 17.8. The zero-order chi connectivity index (χ0) is 22.7. The number of hydrogen-bond donors (Lipinski definition) is 2. The summed E-state index contributed by atoms with van der Waals surface area (Å²) in [7, 11) is 0. The highest BCUT2D eigenvalue weighted by Gasteiger charge is 2.51. The number of nitrogens with one attached hydrogen (secondary N) is 2. The number of thioether (sulfide) groups is 1. The Morgan fingerprint density at radius 3 is 2.78 bits per heavy atom. The van der Waals surface area contributed by atoms with E-state index in [9.17, 15) is 9.59 Å². The topological polar surface area (TPSA) is 73.8 Å². The number of likely N-dealkylation sites (tertiary alicyclic amines) is 1. The third-order valence-electron chi connectivity index (χ3n) is 5.74. The number of nitrogens with zero attached hydrogens (tertiary/aromatic N) is 2. The van der Waals surface area contributed by atoms with Gasteiger partial charge >= 0.3 is 0 Å². The van der Waals surface area contributed by atoms with E-state index in [1.807, 2.05) is 12.1 Å². The molecular formula is C24H25FN4O2S. The Morgan fingerprint density at radius 1 is 1.28 bits per heavy atom. The van der Waals surface area contributed by atoms with Crippen LogP contribution in [0.2, 0.25) is 0 Å². The molecule has 2 aliphatic rings. The molecule has 2 atom stereocenters. The second-order valence-electron chi connectivity index (χ2n) is 8.03. The van der Waals surface area contributed by atoms with E-state index in [0.29, 0.717) is 40.8 Å². The summed E-state index contributed by atoms with van der Waals surface area (Å²) in [5.74, 6) is -0.125. The van der Waals surface area contributed by atoms with E-state index in [2.05, 4.69) is 22.1 Å². The fraction of sp³-hybridized carbons (Fsp3) is 0.292. The number of amidine groups is 1. The number of carbonyl (C=O) groups is 2. The summed E-state index contributed by atoms with van der Waals surface area (Å²) in [5.41, 5.74) is 0.608. The summed E-state index contributed by atoms with van der Waals surface area (Å²) in [4.78, 5) is 31.4. The first-order valence-electron chi connectivity index (χ1n) is 10.4. The second kappa shape index (κ2) is 9.26. The molecule has 1 saturated heterocycles. The molecule has 32 heavy (non-hydrogen) atoms. The van der Waals surface area contributed by atoms with Crippen LogP contribution >= 0.6 is 11.8 Å². The van der Waals surface area contributed by atoms with Crippen molar-refractivity contribution in [1.82, 2.24) is 10.2 Å². The van der Waals surface area contributed by atoms with Gasteiger partial charge in [-0.15, -0.1) is 6.58 Å². The molecule has 0 saturated carbocycles. The van der Waals surface area contributed by atoms with Crippen LogP contribution in [0.1, 0.15) is 22.8 Å². The normalized spacial score (nSPS) is 22.6. The number of benzene rings is 2. The molecule has 0 aromatic heterocycles. The first kappa shape index (κ1) is 22.2. The van der Waals surface area contributed by atoms with Crippen LogP contribution < -0.4 is 10.6 Å². The number of rotatable bonds is 5. The van der Waals surface area contributed by atoms with E-state index >= 15 is 4.39 Å². The van der Waals surface area contributed by atoms with Gasteiger partial charge in [0.1, 0.15) is 11.4 Å². The van der Waals surface area contributed by atoms with Crippen molar-refractivity contribution in [3.05, 3.63) is 78.1 Å². The van der Waals surface area contributed by atoms with Crippen LogP contribution in [-0.4, -0.2) is 47.3 Å². The lowest BCUT2D eigenvalue weighted by molar-refractivity contribution is -0.114. The standard InChI is InChI=1S/C24H25FN4O2S/c1-3-11-29-13-18-14-32-23(27-22(31)17-7-5-4-6-8-17)28-24(18,15-29)20-12-19(26-16(2)30)9-10-21(20)25/h3-10,12,18H,1,11,13-15H2,2H3,(H,26,30)(H,27,28,31). The van der Waals surface area contributed by atoms with Crippen molar-refractivity contribution >= 4 is 34.4 Å². The summed E-state index contributed by atoms with van der Waals surface area (Å²) in [6.07, 6.45) is 1.82. The zero-order valence-corrected chi connectivity index (χ0v) is 18.6. The van der Waals surface area contributed by atoms with E-state index in [1.165, 1.54) is 24.8 Å². The van der Waals surface area contributed by atoms with Crippen molar-refractivity contribution in [1.29, 1.82) is 0 Å². The molecule has 0 spiro atoms. The molecule has 1 fully saturated rings. The van der Waals surface area contributed by atoms with Crippen LogP contribution in [0.4, 0.5) is 10.1 Å². The molecule has 2 amide bonds. The lowest BCUT2D eigenvalue weighted by Crippen LogP contribution is -2.43. The maximum atomic E-state index is 15.2. The van der Waals surface area contributed by atoms with Gasteiger partial charge in [0.2, 0.25) is 5.91 Å². The number of amides is 2. The third kappa shape index (κ3) is 4.47. The van der Waals surface area contributed by atoms with Crippen LogP contribution in [0.15, 0.2) is 66.2 Å². The molecule has 2 heterocycles. The lowest BCUT2D eigenvalue weighted by atomic mass is 9.81. The van der Waals surface area contributed by atoms with Gasteiger partial charge in [-0.05, 0) is 30.3 Å². The fourth-order valence-corrected chi connectivity index (χ4v) is 5.49. The smallest absolute Gasteiger partial charge is 0.257 e. The van der Waals surface area contributed by atoms with Crippen molar-refractivity contribution in [3.8, 4) is 0 Å². The molecule has 166 valence electrons. The maximum Gasteiger partial charge on any atom is 0.257 e. The number of aliphatic imine (C=N–C) groups is 1. The van der Waals surface area contributed by atoms with Crippen molar-refractivity contribution < 1.29 is 14.0 Å². The molecule has 2 aromatic rings. The molecule has 2 aliphatic heterocycles. The minimum atomic E-state index is -0.869. The van der Waals surface area contributed by atoms with Crippen molar-refractivity contribution in [2.75, 3.05) is 30.7 Å². The first-order chi connectivity index (χ1) is 15.4. The fourth-order valence-electron chi connectivity index (χ4n) is 4.36. The average molecular weight is 453 g/mol. The largest absolute Gasteiger partial charge is 0.326 e. The van der Waals surface area contributed by atoms with Gasteiger partial charge in [-0.3, -0.25) is 14.5 Å². The summed E-state index contributed by atoms with van der Waals surface area (Å²) in [6.45, 7) is 7.14. The van der Waals surface area contributed by atoms with Gasteiger partial charge in [0.05, 0.1) is 0 Å². The van der Waals surface area contributed by atoms with Crippen LogP contribution in [0, 0.1) is 11.7 Å². The van der Waals surface area contributed by atoms with E-state index in [1.54, 1.807) is 36.4 Å². The SMILES string of the molecule is C=CCN1CC2CSC(NC(=O)c3ccccc3)=NC2(c2cc(NC(C)=O)ccc2F)C1. The molecule has 2 N–H and O–H groups in total. The molecule has 0 aliphatic carbocycles. The maximum absolute atomic E-state index is 15.2. The van der Waals surface area contributed by atoms with Crippen molar-refractivity contribution in [2.24, 2.45) is 10.9 Å². The molecule has 6 nitrogen and oxygen atoms in total. The minimum Gasteiger partial charge on any atom is -0.326 e. The molecule has 0 bridgehead atoms. The molecule has 4 rings (SSSR count). The second-order valence-corrected chi connectivity index (χ2v) is 9.04. The number of carbonyl (C=O) groups excluding carboxylic acids is 2. The number of halogens is 1.